The predicted molar refractivity (Wildman–Crippen MR) is 47.2 cm³/mol. The van der Waals surface area contributed by atoms with Gasteiger partial charge in [0.1, 0.15) is 12.9 Å². The smallest absolute Gasteiger partial charge is 0.159 e. The first-order chi connectivity index (χ1) is 5.65. The first kappa shape index (κ1) is 8.78. The molecule has 0 saturated carbocycles. The van der Waals surface area contributed by atoms with Crippen LogP contribution in [0.3, 0.4) is 0 Å². The molecule has 63 valence electrons. The molecule has 0 aliphatic heterocycles. The Morgan fingerprint density at radius 1 is 1.50 bits per heavy atom. The summed E-state index contributed by atoms with van der Waals surface area (Å²) in [6.45, 7) is 3.42. The summed E-state index contributed by atoms with van der Waals surface area (Å²) >= 11 is 0. The lowest BCUT2D eigenvalue weighted by Gasteiger charge is -2.04. The molecule has 0 aliphatic carbocycles. The van der Waals surface area contributed by atoms with E-state index in [2.05, 4.69) is 7.11 Å². The van der Waals surface area contributed by atoms with Crippen LogP contribution in [0.4, 0.5) is 0 Å². The van der Waals surface area contributed by atoms with E-state index in [0.29, 0.717) is 11.3 Å². The molecular formula is C10H11O2. The first-order valence-electron chi connectivity index (χ1n) is 3.68. The maximum absolute atomic E-state index is 10.9. The molecule has 1 radical (unpaired) electrons. The zero-order chi connectivity index (χ0) is 9.14. The second kappa shape index (κ2) is 3.39. The topological polar surface area (TPSA) is 26.3 Å². The number of hydrogen-bond donors (Lipinski definition) is 0. The number of carbonyl (C=O) groups excluding carboxylic acids is 1. The lowest BCUT2D eigenvalue weighted by atomic mass is 10.1. The van der Waals surface area contributed by atoms with Gasteiger partial charge in [0.15, 0.2) is 5.78 Å². The minimum absolute atomic E-state index is 0.0636. The van der Waals surface area contributed by atoms with Crippen LogP contribution in [0, 0.1) is 14.0 Å². The molecule has 12 heavy (non-hydrogen) atoms. The lowest BCUT2D eigenvalue weighted by Crippen LogP contribution is -1.93. The molecule has 0 atom stereocenters. The maximum atomic E-state index is 10.9. The van der Waals surface area contributed by atoms with Gasteiger partial charge in [-0.05, 0) is 37.6 Å². The number of rotatable bonds is 2. The molecule has 0 N–H and O–H groups in total. The highest BCUT2D eigenvalue weighted by Gasteiger charge is 2.02. The molecule has 1 aromatic carbocycles. The van der Waals surface area contributed by atoms with Gasteiger partial charge >= 0.3 is 0 Å². The summed E-state index contributed by atoms with van der Waals surface area (Å²) in [5, 5.41) is 0. The van der Waals surface area contributed by atoms with Gasteiger partial charge < -0.3 is 4.74 Å². The van der Waals surface area contributed by atoms with E-state index in [0.717, 1.165) is 5.56 Å². The van der Waals surface area contributed by atoms with Crippen molar-refractivity contribution in [2.24, 2.45) is 0 Å². The quantitative estimate of drug-likeness (QED) is 0.625. The van der Waals surface area contributed by atoms with Crippen LogP contribution >= 0.6 is 0 Å². The zero-order valence-electron chi connectivity index (χ0n) is 7.26. The third kappa shape index (κ3) is 1.64. The van der Waals surface area contributed by atoms with Crippen LogP contribution in [0.25, 0.3) is 0 Å². The SMILES string of the molecule is [CH2]Oc1ccc(C(C)=O)cc1C. The highest BCUT2D eigenvalue weighted by molar-refractivity contribution is 5.94. The number of carbonyl (C=O) groups is 1. The van der Waals surface area contributed by atoms with Gasteiger partial charge in [-0.25, -0.2) is 0 Å². The molecule has 0 unspecified atom stereocenters. The van der Waals surface area contributed by atoms with Crippen molar-refractivity contribution >= 4 is 5.78 Å². The number of aryl methyl sites for hydroxylation is 1. The summed E-state index contributed by atoms with van der Waals surface area (Å²) in [7, 11) is 3.31. The van der Waals surface area contributed by atoms with Crippen LogP contribution in [-0.2, 0) is 0 Å². The summed E-state index contributed by atoms with van der Waals surface area (Å²) in [4.78, 5) is 10.9. The maximum Gasteiger partial charge on any atom is 0.159 e. The van der Waals surface area contributed by atoms with Crippen molar-refractivity contribution in [1.29, 1.82) is 0 Å². The fraction of sp³-hybridized carbons (Fsp3) is 0.200. The third-order valence-electron chi connectivity index (χ3n) is 1.74. The minimum atomic E-state index is 0.0636. The molecular weight excluding hydrogens is 152 g/mol. The van der Waals surface area contributed by atoms with Crippen molar-refractivity contribution < 1.29 is 9.53 Å². The molecule has 2 nitrogen and oxygen atoms in total. The van der Waals surface area contributed by atoms with Crippen molar-refractivity contribution in [3.05, 3.63) is 36.4 Å². The molecule has 0 aromatic heterocycles. The Hall–Kier alpha value is -1.31. The number of hydrogen-bond acceptors (Lipinski definition) is 2. The zero-order valence-corrected chi connectivity index (χ0v) is 7.26. The van der Waals surface area contributed by atoms with Gasteiger partial charge in [-0.15, -0.1) is 0 Å². The second-order valence-corrected chi connectivity index (χ2v) is 2.68. The van der Waals surface area contributed by atoms with E-state index in [9.17, 15) is 4.79 Å². The van der Waals surface area contributed by atoms with E-state index in [4.69, 9.17) is 4.74 Å². The molecule has 0 spiro atoms. The van der Waals surface area contributed by atoms with Crippen molar-refractivity contribution in [2.75, 3.05) is 0 Å². The summed E-state index contributed by atoms with van der Waals surface area (Å²) in [5.41, 5.74) is 1.63. The van der Waals surface area contributed by atoms with Crippen LogP contribution < -0.4 is 4.74 Å². The Labute approximate surface area is 72.2 Å². The molecule has 0 amide bonds. The first-order valence-corrected chi connectivity index (χ1v) is 3.68. The fourth-order valence-electron chi connectivity index (χ4n) is 1.03. The number of ketones is 1. The van der Waals surface area contributed by atoms with Crippen molar-refractivity contribution in [3.8, 4) is 5.75 Å². The number of benzene rings is 1. The van der Waals surface area contributed by atoms with Crippen LogP contribution in [0.5, 0.6) is 5.75 Å². The lowest BCUT2D eigenvalue weighted by molar-refractivity contribution is 0.101. The Balaban J connectivity index is 3.10. The van der Waals surface area contributed by atoms with Crippen LogP contribution in [-0.4, -0.2) is 5.78 Å². The fourth-order valence-corrected chi connectivity index (χ4v) is 1.03. The van der Waals surface area contributed by atoms with Crippen LogP contribution in [0.1, 0.15) is 22.8 Å². The molecule has 0 aliphatic rings. The van der Waals surface area contributed by atoms with Crippen LogP contribution in [0.2, 0.25) is 0 Å². The van der Waals surface area contributed by atoms with Gasteiger partial charge in [0.25, 0.3) is 0 Å². The highest BCUT2D eigenvalue weighted by Crippen LogP contribution is 2.18. The van der Waals surface area contributed by atoms with E-state index in [-0.39, 0.29) is 5.78 Å². The van der Waals surface area contributed by atoms with Crippen molar-refractivity contribution in [3.63, 3.8) is 0 Å². The van der Waals surface area contributed by atoms with Crippen molar-refractivity contribution in [2.45, 2.75) is 13.8 Å². The average molecular weight is 163 g/mol. The van der Waals surface area contributed by atoms with Crippen LogP contribution in [0.15, 0.2) is 18.2 Å². The van der Waals surface area contributed by atoms with Gasteiger partial charge in [-0.3, -0.25) is 4.79 Å². The Morgan fingerprint density at radius 3 is 2.58 bits per heavy atom. The summed E-state index contributed by atoms with van der Waals surface area (Å²) in [5.74, 6) is 0.772. The monoisotopic (exact) mass is 163 g/mol. The predicted octanol–water partition coefficient (Wildman–Crippen LogP) is 2.37. The summed E-state index contributed by atoms with van der Waals surface area (Å²) in [6.07, 6.45) is 0. The largest absolute Gasteiger partial charge is 0.490 e. The van der Waals surface area contributed by atoms with E-state index < -0.39 is 0 Å². The number of ether oxygens (including phenoxy) is 1. The summed E-state index contributed by atoms with van der Waals surface area (Å²) < 4.78 is 4.82. The highest BCUT2D eigenvalue weighted by atomic mass is 16.5. The average Bonchev–Trinajstić information content (AvgIpc) is 2.04. The Kier molecular flexibility index (Phi) is 2.48. The molecule has 0 bridgehead atoms. The second-order valence-electron chi connectivity index (χ2n) is 2.68. The molecule has 0 heterocycles. The van der Waals surface area contributed by atoms with Gasteiger partial charge in [0.2, 0.25) is 0 Å². The molecule has 1 rings (SSSR count). The number of Topliss-reactive ketones (excluding diaryl/α,β-unsaturated/α-hetero) is 1. The van der Waals surface area contributed by atoms with Gasteiger partial charge in [-0.2, -0.15) is 0 Å². The van der Waals surface area contributed by atoms with E-state index in [1.54, 1.807) is 25.1 Å². The molecule has 2 heteroatoms. The minimum Gasteiger partial charge on any atom is -0.490 e. The third-order valence-corrected chi connectivity index (χ3v) is 1.74. The summed E-state index contributed by atoms with van der Waals surface area (Å²) in [6, 6.07) is 5.28. The molecule has 0 fully saturated rings. The molecule has 0 saturated heterocycles. The standard InChI is InChI=1S/C10H11O2/c1-7-6-9(8(2)11)4-5-10(7)12-3/h4-6H,3H2,1-2H3. The van der Waals surface area contributed by atoms with E-state index in [1.165, 1.54) is 0 Å². The Morgan fingerprint density at radius 2 is 2.17 bits per heavy atom. The van der Waals surface area contributed by atoms with Gasteiger partial charge in [0, 0.05) is 5.56 Å². The van der Waals surface area contributed by atoms with Gasteiger partial charge in [-0.1, -0.05) is 0 Å². The van der Waals surface area contributed by atoms with Gasteiger partial charge in [0.05, 0.1) is 0 Å². The Bertz CT molecular complexity index is 303. The van der Waals surface area contributed by atoms with Crippen molar-refractivity contribution in [1.82, 2.24) is 0 Å². The van der Waals surface area contributed by atoms with E-state index >= 15 is 0 Å². The normalized spacial score (nSPS) is 9.58. The molecule has 1 aromatic rings. The van der Waals surface area contributed by atoms with E-state index in [1.807, 2.05) is 6.92 Å².